The lowest BCUT2D eigenvalue weighted by Crippen LogP contribution is -2.41. The number of nitrogens with one attached hydrogen (secondary N) is 1. The fraction of sp³-hybridized carbons (Fsp3) is 0.323. The summed E-state index contributed by atoms with van der Waals surface area (Å²) in [4.78, 5) is 32.8. The van der Waals surface area contributed by atoms with Crippen molar-refractivity contribution in [1.29, 1.82) is 0 Å². The Morgan fingerprint density at radius 1 is 1.05 bits per heavy atom. The Morgan fingerprint density at radius 3 is 2.54 bits per heavy atom. The maximum absolute atomic E-state index is 13.3. The van der Waals surface area contributed by atoms with Crippen molar-refractivity contribution in [2.24, 2.45) is 11.8 Å². The van der Waals surface area contributed by atoms with Gasteiger partial charge in [-0.15, -0.1) is 0 Å². The van der Waals surface area contributed by atoms with Crippen molar-refractivity contribution in [3.63, 3.8) is 0 Å². The molecule has 6 heteroatoms. The van der Waals surface area contributed by atoms with Crippen LogP contribution in [-0.2, 0) is 11.2 Å². The van der Waals surface area contributed by atoms with Crippen molar-refractivity contribution >= 4 is 28.6 Å². The molecule has 0 saturated carbocycles. The lowest BCUT2D eigenvalue weighted by molar-refractivity contribution is -0.121. The number of anilines is 1. The molecule has 37 heavy (non-hydrogen) atoms. The number of carbonyl (C=O) groups excluding carboxylic acids is 2. The molecule has 1 aliphatic heterocycles. The topological polar surface area (TPSA) is 75.4 Å². The number of hydrogen-bond donors (Lipinski definition) is 1. The van der Waals surface area contributed by atoms with Crippen LogP contribution < -0.4 is 5.32 Å². The van der Waals surface area contributed by atoms with Gasteiger partial charge in [0.05, 0.1) is 0 Å². The van der Waals surface area contributed by atoms with Crippen molar-refractivity contribution in [2.75, 3.05) is 18.4 Å². The number of aryl methyl sites for hydroxylation is 2. The molecule has 2 amide bonds. The van der Waals surface area contributed by atoms with Crippen molar-refractivity contribution in [2.45, 2.75) is 40.0 Å². The highest BCUT2D eigenvalue weighted by molar-refractivity contribution is 5.97. The van der Waals surface area contributed by atoms with Crippen molar-refractivity contribution < 1.29 is 14.0 Å². The summed E-state index contributed by atoms with van der Waals surface area (Å²) < 4.78 is 5.89. The number of oxazole rings is 1. The highest BCUT2D eigenvalue weighted by atomic mass is 16.3. The molecule has 1 saturated heterocycles. The van der Waals surface area contributed by atoms with E-state index in [-0.39, 0.29) is 23.7 Å². The smallest absolute Gasteiger partial charge is 0.253 e. The summed E-state index contributed by atoms with van der Waals surface area (Å²) in [6.45, 7) is 7.41. The molecule has 190 valence electrons. The molecule has 0 radical (unpaired) electrons. The average Bonchev–Trinajstić information content (AvgIpc) is 3.37. The third kappa shape index (κ3) is 5.15. The van der Waals surface area contributed by atoms with Crippen LogP contribution in [0, 0.1) is 18.8 Å². The summed E-state index contributed by atoms with van der Waals surface area (Å²) in [5, 5.41) is 3.18. The number of fused-ring (bicyclic) bond motifs is 1. The van der Waals surface area contributed by atoms with Gasteiger partial charge in [0.2, 0.25) is 11.8 Å². The normalized spacial score (nSPS) is 15.1. The Hall–Kier alpha value is -3.93. The quantitative estimate of drug-likeness (QED) is 0.332. The van der Waals surface area contributed by atoms with Gasteiger partial charge in [-0.1, -0.05) is 50.2 Å². The minimum Gasteiger partial charge on any atom is -0.436 e. The summed E-state index contributed by atoms with van der Waals surface area (Å²) >= 11 is 0. The zero-order valence-corrected chi connectivity index (χ0v) is 21.7. The van der Waals surface area contributed by atoms with Gasteiger partial charge >= 0.3 is 0 Å². The fourth-order valence-corrected chi connectivity index (χ4v) is 5.20. The minimum atomic E-state index is -0.121. The van der Waals surface area contributed by atoms with E-state index in [4.69, 9.17) is 4.42 Å². The van der Waals surface area contributed by atoms with Crippen LogP contribution in [0.2, 0.25) is 0 Å². The molecule has 0 spiro atoms. The lowest BCUT2D eigenvalue weighted by atomic mass is 9.84. The maximum Gasteiger partial charge on any atom is 0.253 e. The summed E-state index contributed by atoms with van der Waals surface area (Å²) in [5.41, 5.74) is 6.02. The fourth-order valence-electron chi connectivity index (χ4n) is 5.20. The molecule has 1 N–H and O–H groups in total. The lowest BCUT2D eigenvalue weighted by Gasteiger charge is -2.34. The van der Waals surface area contributed by atoms with E-state index in [2.05, 4.69) is 23.3 Å². The van der Waals surface area contributed by atoms with Gasteiger partial charge in [0.15, 0.2) is 5.58 Å². The van der Waals surface area contributed by atoms with E-state index in [0.29, 0.717) is 35.6 Å². The van der Waals surface area contributed by atoms with Crippen LogP contribution in [-0.4, -0.2) is 34.8 Å². The SMILES string of the molecule is CCc1cccc(C)c1NC(=O)[C@@H](C)C1CCN(C(=O)c2ccc3oc(-c4ccccc4)nc3c2)CC1. The number of carbonyl (C=O) groups is 2. The van der Waals surface area contributed by atoms with Gasteiger partial charge < -0.3 is 14.6 Å². The van der Waals surface area contributed by atoms with Gasteiger partial charge in [-0.3, -0.25) is 9.59 Å². The van der Waals surface area contributed by atoms with Crippen LogP contribution in [0.1, 0.15) is 48.2 Å². The first-order chi connectivity index (χ1) is 17.9. The number of likely N-dealkylation sites (tertiary alicyclic amines) is 1. The zero-order valence-electron chi connectivity index (χ0n) is 21.7. The van der Waals surface area contributed by atoms with Crippen LogP contribution in [0.25, 0.3) is 22.6 Å². The Labute approximate surface area is 217 Å². The maximum atomic E-state index is 13.3. The summed E-state index contributed by atoms with van der Waals surface area (Å²) in [6, 6.07) is 21.3. The van der Waals surface area contributed by atoms with E-state index >= 15 is 0 Å². The van der Waals surface area contributed by atoms with Crippen molar-refractivity contribution in [1.82, 2.24) is 9.88 Å². The average molecular weight is 496 g/mol. The molecule has 1 atom stereocenters. The number of amides is 2. The van der Waals surface area contributed by atoms with Gasteiger partial charge in [0.25, 0.3) is 5.91 Å². The molecule has 0 unspecified atom stereocenters. The number of para-hydroxylation sites is 1. The number of aromatic nitrogens is 1. The highest BCUT2D eigenvalue weighted by Crippen LogP contribution is 2.30. The molecule has 5 rings (SSSR count). The van der Waals surface area contributed by atoms with Crippen LogP contribution in [0.15, 0.2) is 71.1 Å². The number of nitrogens with zero attached hydrogens (tertiary/aromatic N) is 2. The molecule has 4 aromatic rings. The molecule has 1 aliphatic rings. The third-order valence-electron chi connectivity index (χ3n) is 7.59. The van der Waals surface area contributed by atoms with E-state index in [0.717, 1.165) is 41.6 Å². The molecule has 1 aromatic heterocycles. The molecule has 6 nitrogen and oxygen atoms in total. The van der Waals surface area contributed by atoms with E-state index in [1.54, 1.807) is 6.07 Å². The standard InChI is InChI=1S/C31H33N3O3/c1-4-22-12-8-9-20(2)28(22)33-29(35)21(3)23-15-17-34(18-16-23)31(36)25-13-14-27-26(19-25)32-30(37-27)24-10-6-5-7-11-24/h5-14,19,21,23H,4,15-18H2,1-3H3,(H,33,35)/t21-/m0/s1. The van der Waals surface area contributed by atoms with E-state index in [9.17, 15) is 9.59 Å². The Bertz CT molecular complexity index is 1420. The van der Waals surface area contributed by atoms with Gasteiger partial charge in [0, 0.05) is 35.8 Å². The van der Waals surface area contributed by atoms with Gasteiger partial charge in [-0.2, -0.15) is 0 Å². The first-order valence-electron chi connectivity index (χ1n) is 13.1. The number of piperidine rings is 1. The summed E-state index contributed by atoms with van der Waals surface area (Å²) in [5.74, 6) is 0.716. The second-order valence-electron chi connectivity index (χ2n) is 9.94. The Balaban J connectivity index is 1.22. The molecular weight excluding hydrogens is 462 g/mol. The second-order valence-corrected chi connectivity index (χ2v) is 9.94. The number of benzene rings is 3. The molecule has 3 aromatic carbocycles. The Morgan fingerprint density at radius 2 is 1.81 bits per heavy atom. The Kier molecular flexibility index (Phi) is 7.08. The molecule has 1 fully saturated rings. The van der Waals surface area contributed by atoms with Crippen LogP contribution in [0.5, 0.6) is 0 Å². The van der Waals surface area contributed by atoms with E-state index < -0.39 is 0 Å². The second kappa shape index (κ2) is 10.6. The number of rotatable bonds is 6. The van der Waals surface area contributed by atoms with Gasteiger partial charge in [-0.05, 0) is 73.6 Å². The van der Waals surface area contributed by atoms with Crippen LogP contribution >= 0.6 is 0 Å². The van der Waals surface area contributed by atoms with Gasteiger partial charge in [0.1, 0.15) is 5.52 Å². The highest BCUT2D eigenvalue weighted by Gasteiger charge is 2.30. The largest absolute Gasteiger partial charge is 0.436 e. The van der Waals surface area contributed by atoms with Gasteiger partial charge in [-0.25, -0.2) is 4.98 Å². The van der Waals surface area contributed by atoms with Crippen molar-refractivity contribution in [3.05, 3.63) is 83.4 Å². The molecular formula is C31H33N3O3. The summed E-state index contributed by atoms with van der Waals surface area (Å²) in [6.07, 6.45) is 2.48. The number of hydrogen-bond acceptors (Lipinski definition) is 4. The molecule has 2 heterocycles. The van der Waals surface area contributed by atoms with E-state index in [1.165, 1.54) is 0 Å². The first kappa shape index (κ1) is 24.8. The van der Waals surface area contributed by atoms with E-state index in [1.807, 2.05) is 73.3 Å². The predicted octanol–water partition coefficient (Wildman–Crippen LogP) is 6.49. The first-order valence-corrected chi connectivity index (χ1v) is 13.1. The molecule has 0 aliphatic carbocycles. The monoisotopic (exact) mass is 495 g/mol. The van der Waals surface area contributed by atoms with Crippen molar-refractivity contribution in [3.8, 4) is 11.5 Å². The summed E-state index contributed by atoms with van der Waals surface area (Å²) in [7, 11) is 0. The zero-order chi connectivity index (χ0) is 25.9. The van der Waals surface area contributed by atoms with Crippen LogP contribution in [0.3, 0.4) is 0 Å². The third-order valence-corrected chi connectivity index (χ3v) is 7.59. The minimum absolute atomic E-state index is 0.00536. The predicted molar refractivity (Wildman–Crippen MR) is 146 cm³/mol. The molecule has 0 bridgehead atoms. The van der Waals surface area contributed by atoms with Crippen LogP contribution in [0.4, 0.5) is 5.69 Å².